The Bertz CT molecular complexity index is 675. The van der Waals surface area contributed by atoms with Crippen LogP contribution in [-0.4, -0.2) is 51.2 Å². The molecule has 0 bridgehead atoms. The van der Waals surface area contributed by atoms with Crippen LogP contribution in [0.4, 0.5) is 0 Å². The number of sulfone groups is 1. The van der Waals surface area contributed by atoms with Gasteiger partial charge in [-0.05, 0) is 30.7 Å². The number of guanidine groups is 1. The largest absolute Gasteiger partial charge is 0.357 e. The Morgan fingerprint density at radius 2 is 1.96 bits per heavy atom. The summed E-state index contributed by atoms with van der Waals surface area (Å²) < 4.78 is 24.5. The van der Waals surface area contributed by atoms with Gasteiger partial charge in [0.2, 0.25) is 0 Å². The van der Waals surface area contributed by atoms with Crippen molar-refractivity contribution in [3.63, 3.8) is 0 Å². The number of hydrogen-bond donors (Lipinski definition) is 1. The van der Waals surface area contributed by atoms with Gasteiger partial charge in [0.15, 0.2) is 15.8 Å². The second kappa shape index (κ2) is 10.5. The van der Waals surface area contributed by atoms with Crippen LogP contribution in [0, 0.1) is 5.41 Å². The third kappa shape index (κ3) is 7.82. The molecular weight excluding hydrogens is 461 g/mol. The van der Waals surface area contributed by atoms with Gasteiger partial charge in [-0.25, -0.2) is 8.42 Å². The van der Waals surface area contributed by atoms with Crippen molar-refractivity contribution in [2.75, 3.05) is 31.9 Å². The van der Waals surface area contributed by atoms with Gasteiger partial charge in [0.25, 0.3) is 0 Å². The van der Waals surface area contributed by atoms with E-state index < -0.39 is 9.84 Å². The lowest BCUT2D eigenvalue weighted by Gasteiger charge is -2.23. The van der Waals surface area contributed by atoms with Crippen LogP contribution in [0.1, 0.15) is 39.2 Å². The van der Waals surface area contributed by atoms with Gasteiger partial charge in [0, 0.05) is 26.2 Å². The van der Waals surface area contributed by atoms with E-state index in [1.807, 2.05) is 30.3 Å². The molecule has 0 spiro atoms. The first-order valence-corrected chi connectivity index (χ1v) is 10.9. The standard InChI is InChI=1S/C19H31N3O2S.HI/c1-4-20-18(22-13-11-19(2,3)16-22)21-12-8-14-25(23,24)15-17-9-6-5-7-10-17;/h5-7,9-10H,4,8,11-16H2,1-3H3,(H,20,21);1H. The smallest absolute Gasteiger partial charge is 0.193 e. The van der Waals surface area contributed by atoms with Crippen LogP contribution in [0.25, 0.3) is 0 Å². The van der Waals surface area contributed by atoms with Crippen molar-refractivity contribution in [3.8, 4) is 0 Å². The summed E-state index contributed by atoms with van der Waals surface area (Å²) in [7, 11) is -3.09. The molecule has 7 heteroatoms. The lowest BCUT2D eigenvalue weighted by molar-refractivity contribution is 0.370. The van der Waals surface area contributed by atoms with E-state index in [-0.39, 0.29) is 35.5 Å². The van der Waals surface area contributed by atoms with Crippen molar-refractivity contribution in [2.24, 2.45) is 10.4 Å². The number of benzene rings is 1. The molecule has 1 heterocycles. The van der Waals surface area contributed by atoms with Gasteiger partial charge in [-0.15, -0.1) is 24.0 Å². The number of likely N-dealkylation sites (tertiary alicyclic amines) is 1. The SMILES string of the molecule is CCNC(=NCCCS(=O)(=O)Cc1ccccc1)N1CCC(C)(C)C1.I. The van der Waals surface area contributed by atoms with Gasteiger partial charge in [-0.3, -0.25) is 4.99 Å². The Kier molecular flexibility index (Phi) is 9.36. The third-order valence-corrected chi connectivity index (χ3v) is 6.10. The molecule has 0 aliphatic carbocycles. The maximum Gasteiger partial charge on any atom is 0.193 e. The van der Waals surface area contributed by atoms with Gasteiger partial charge in [-0.2, -0.15) is 0 Å². The first-order chi connectivity index (χ1) is 11.8. The molecule has 0 unspecified atom stereocenters. The molecule has 1 aliphatic rings. The van der Waals surface area contributed by atoms with Gasteiger partial charge in [0.05, 0.1) is 11.5 Å². The first kappa shape index (κ1) is 23.2. The first-order valence-electron chi connectivity index (χ1n) is 9.09. The summed E-state index contributed by atoms with van der Waals surface area (Å²) in [5.41, 5.74) is 1.16. The zero-order chi connectivity index (χ0) is 18.3. The highest BCUT2D eigenvalue weighted by atomic mass is 127. The van der Waals surface area contributed by atoms with E-state index in [0.717, 1.165) is 37.6 Å². The number of halogens is 1. The Hall–Kier alpha value is -0.830. The summed E-state index contributed by atoms with van der Waals surface area (Å²) in [6.07, 6.45) is 1.71. The fourth-order valence-electron chi connectivity index (χ4n) is 3.09. The fraction of sp³-hybridized carbons (Fsp3) is 0.632. The Balaban J connectivity index is 0.00000338. The monoisotopic (exact) mass is 493 g/mol. The molecule has 5 nitrogen and oxygen atoms in total. The average Bonchev–Trinajstić information content (AvgIpc) is 2.91. The van der Waals surface area contributed by atoms with Gasteiger partial charge in [0.1, 0.15) is 0 Å². The highest BCUT2D eigenvalue weighted by Gasteiger charge is 2.30. The third-order valence-electron chi connectivity index (χ3n) is 4.42. The quantitative estimate of drug-likeness (QED) is 0.274. The number of nitrogens with zero attached hydrogens (tertiary/aromatic N) is 2. The lowest BCUT2D eigenvalue weighted by Crippen LogP contribution is -2.40. The minimum absolute atomic E-state index is 0. The van der Waals surface area contributed by atoms with Crippen LogP contribution in [0.15, 0.2) is 35.3 Å². The minimum atomic E-state index is -3.09. The van der Waals surface area contributed by atoms with Crippen LogP contribution in [0.2, 0.25) is 0 Å². The molecule has 1 saturated heterocycles. The zero-order valence-corrected chi connectivity index (χ0v) is 19.2. The minimum Gasteiger partial charge on any atom is -0.357 e. The van der Waals surface area contributed by atoms with Crippen molar-refractivity contribution in [2.45, 2.75) is 39.4 Å². The molecule has 1 aliphatic heterocycles. The predicted molar refractivity (Wildman–Crippen MR) is 120 cm³/mol. The van der Waals surface area contributed by atoms with Crippen molar-refractivity contribution in [1.82, 2.24) is 10.2 Å². The number of rotatable bonds is 7. The Morgan fingerprint density at radius 3 is 2.54 bits per heavy atom. The van der Waals surface area contributed by atoms with E-state index in [1.165, 1.54) is 0 Å². The Morgan fingerprint density at radius 1 is 1.27 bits per heavy atom. The van der Waals surface area contributed by atoms with Crippen molar-refractivity contribution in [1.29, 1.82) is 0 Å². The summed E-state index contributed by atoms with van der Waals surface area (Å²) in [4.78, 5) is 6.92. The van der Waals surface area contributed by atoms with E-state index in [1.54, 1.807) is 0 Å². The van der Waals surface area contributed by atoms with E-state index in [2.05, 4.69) is 36.0 Å². The molecule has 0 amide bonds. The maximum atomic E-state index is 12.2. The van der Waals surface area contributed by atoms with Crippen LogP contribution in [-0.2, 0) is 15.6 Å². The van der Waals surface area contributed by atoms with E-state index in [0.29, 0.717) is 18.4 Å². The summed E-state index contributed by atoms with van der Waals surface area (Å²) in [6.45, 7) is 9.95. The van der Waals surface area contributed by atoms with E-state index >= 15 is 0 Å². The average molecular weight is 493 g/mol. The molecule has 148 valence electrons. The van der Waals surface area contributed by atoms with Crippen molar-refractivity contribution in [3.05, 3.63) is 35.9 Å². The van der Waals surface area contributed by atoms with Gasteiger partial charge in [-0.1, -0.05) is 44.2 Å². The predicted octanol–water partition coefficient (Wildman–Crippen LogP) is 3.31. The summed E-state index contributed by atoms with van der Waals surface area (Å²) in [5, 5.41) is 3.33. The molecule has 1 aromatic carbocycles. The number of aliphatic imine (C=N–C) groups is 1. The summed E-state index contributed by atoms with van der Waals surface area (Å²) >= 11 is 0. The lowest BCUT2D eigenvalue weighted by atomic mass is 9.93. The molecule has 26 heavy (non-hydrogen) atoms. The second-order valence-corrected chi connectivity index (χ2v) is 9.69. The molecule has 1 N–H and O–H groups in total. The number of nitrogens with one attached hydrogen (secondary N) is 1. The molecule has 0 radical (unpaired) electrons. The molecule has 0 atom stereocenters. The molecule has 1 aromatic rings. The maximum absolute atomic E-state index is 12.2. The molecule has 0 aromatic heterocycles. The van der Waals surface area contributed by atoms with Gasteiger partial charge < -0.3 is 10.2 Å². The van der Waals surface area contributed by atoms with E-state index in [9.17, 15) is 8.42 Å². The van der Waals surface area contributed by atoms with Crippen molar-refractivity contribution >= 4 is 39.8 Å². The second-order valence-electron chi connectivity index (χ2n) is 7.50. The molecule has 0 saturated carbocycles. The number of hydrogen-bond acceptors (Lipinski definition) is 3. The molecule has 1 fully saturated rings. The van der Waals surface area contributed by atoms with E-state index in [4.69, 9.17) is 0 Å². The van der Waals surface area contributed by atoms with Crippen LogP contribution in [0.5, 0.6) is 0 Å². The molecule has 2 rings (SSSR count). The van der Waals surface area contributed by atoms with Crippen LogP contribution < -0.4 is 5.32 Å². The van der Waals surface area contributed by atoms with Crippen molar-refractivity contribution < 1.29 is 8.42 Å². The van der Waals surface area contributed by atoms with Crippen LogP contribution in [0.3, 0.4) is 0 Å². The van der Waals surface area contributed by atoms with Crippen LogP contribution >= 0.6 is 24.0 Å². The Labute approximate surface area is 175 Å². The summed E-state index contributed by atoms with van der Waals surface area (Å²) in [5.74, 6) is 1.20. The van der Waals surface area contributed by atoms with Gasteiger partial charge >= 0.3 is 0 Å². The highest BCUT2D eigenvalue weighted by molar-refractivity contribution is 14.0. The highest BCUT2D eigenvalue weighted by Crippen LogP contribution is 2.28. The normalized spacial score (nSPS) is 17.0. The molecular formula is C19H32IN3O2S. The zero-order valence-electron chi connectivity index (χ0n) is 16.1. The summed E-state index contributed by atoms with van der Waals surface area (Å²) in [6, 6.07) is 9.35. The topological polar surface area (TPSA) is 61.8 Å². The fourth-order valence-corrected chi connectivity index (χ4v) is 4.50.